The summed E-state index contributed by atoms with van der Waals surface area (Å²) in [5.41, 5.74) is 7.76. The number of aryl methyl sites for hydroxylation is 2. The van der Waals surface area contributed by atoms with E-state index in [-0.39, 0.29) is 6.54 Å². The van der Waals surface area contributed by atoms with Gasteiger partial charge in [0.05, 0.1) is 5.69 Å². The van der Waals surface area contributed by atoms with Gasteiger partial charge in [-0.25, -0.2) is 8.42 Å². The van der Waals surface area contributed by atoms with Gasteiger partial charge in [0, 0.05) is 15.9 Å². The highest BCUT2D eigenvalue weighted by molar-refractivity contribution is 9.10. The fourth-order valence-electron chi connectivity index (χ4n) is 1.89. The highest BCUT2D eigenvalue weighted by Gasteiger charge is 2.23. The second-order valence-electron chi connectivity index (χ2n) is 4.44. The maximum Gasteiger partial charge on any atom is 0.263 e. The third-order valence-corrected chi connectivity index (χ3v) is 6.23. The monoisotopic (exact) mass is 374 g/mol. The van der Waals surface area contributed by atoms with Crippen molar-refractivity contribution in [1.29, 1.82) is 0 Å². The molecule has 7 heteroatoms. The standard InChI is InChI=1S/C13H15BrN2O2S2/c1-8-3-4-10(14)5-11(8)16-20(17,18)13-9(2)7-19-12(13)6-15/h3-5,7,16H,6,15H2,1-2H3. The summed E-state index contributed by atoms with van der Waals surface area (Å²) < 4.78 is 28.6. The van der Waals surface area contributed by atoms with Crippen LogP contribution < -0.4 is 10.5 Å². The van der Waals surface area contributed by atoms with Crippen LogP contribution in [-0.2, 0) is 16.6 Å². The zero-order valence-electron chi connectivity index (χ0n) is 11.1. The van der Waals surface area contributed by atoms with Crippen LogP contribution in [0.2, 0.25) is 0 Å². The fraction of sp³-hybridized carbons (Fsp3) is 0.231. The third-order valence-electron chi connectivity index (χ3n) is 2.89. The molecular formula is C13H15BrN2O2S2. The number of nitrogens with two attached hydrogens (primary N) is 1. The average molecular weight is 375 g/mol. The van der Waals surface area contributed by atoms with Gasteiger partial charge in [-0.3, -0.25) is 4.72 Å². The predicted octanol–water partition coefficient (Wildman–Crippen LogP) is 3.39. The first-order chi connectivity index (χ1) is 9.35. The fourth-order valence-corrected chi connectivity index (χ4v) is 5.08. The van der Waals surface area contributed by atoms with Crippen LogP contribution in [0.15, 0.2) is 32.9 Å². The Morgan fingerprint density at radius 1 is 1.30 bits per heavy atom. The Morgan fingerprint density at radius 3 is 2.65 bits per heavy atom. The number of rotatable bonds is 4. The molecule has 0 aliphatic carbocycles. The molecule has 0 radical (unpaired) electrons. The molecule has 0 aliphatic heterocycles. The summed E-state index contributed by atoms with van der Waals surface area (Å²) in [6.07, 6.45) is 0. The highest BCUT2D eigenvalue weighted by Crippen LogP contribution is 2.30. The van der Waals surface area contributed by atoms with Gasteiger partial charge in [-0.05, 0) is 42.5 Å². The molecular weight excluding hydrogens is 360 g/mol. The van der Waals surface area contributed by atoms with E-state index in [0.29, 0.717) is 15.5 Å². The zero-order valence-corrected chi connectivity index (χ0v) is 14.3. The van der Waals surface area contributed by atoms with E-state index in [1.54, 1.807) is 13.0 Å². The Labute approximate surface area is 131 Å². The van der Waals surface area contributed by atoms with E-state index in [1.165, 1.54) is 11.3 Å². The van der Waals surface area contributed by atoms with Gasteiger partial charge in [0.1, 0.15) is 4.90 Å². The van der Waals surface area contributed by atoms with Crippen LogP contribution in [0.4, 0.5) is 5.69 Å². The van der Waals surface area contributed by atoms with E-state index in [0.717, 1.165) is 15.6 Å². The molecule has 0 saturated carbocycles. The lowest BCUT2D eigenvalue weighted by Crippen LogP contribution is -2.16. The number of hydrogen-bond donors (Lipinski definition) is 2. The van der Waals surface area contributed by atoms with Crippen molar-refractivity contribution in [3.63, 3.8) is 0 Å². The summed E-state index contributed by atoms with van der Waals surface area (Å²) in [5.74, 6) is 0. The molecule has 0 spiro atoms. The van der Waals surface area contributed by atoms with E-state index in [4.69, 9.17) is 5.73 Å². The number of nitrogens with one attached hydrogen (secondary N) is 1. The molecule has 3 N–H and O–H groups in total. The van der Waals surface area contributed by atoms with Gasteiger partial charge in [0.15, 0.2) is 0 Å². The van der Waals surface area contributed by atoms with Crippen LogP contribution in [0, 0.1) is 13.8 Å². The van der Waals surface area contributed by atoms with Gasteiger partial charge in [-0.15, -0.1) is 11.3 Å². The van der Waals surface area contributed by atoms with Crippen molar-refractivity contribution in [3.05, 3.63) is 44.1 Å². The molecule has 0 saturated heterocycles. The summed E-state index contributed by atoms with van der Waals surface area (Å²) in [5, 5.41) is 1.81. The van der Waals surface area contributed by atoms with Gasteiger partial charge in [-0.2, -0.15) is 0 Å². The zero-order chi connectivity index (χ0) is 14.9. The van der Waals surface area contributed by atoms with Gasteiger partial charge >= 0.3 is 0 Å². The topological polar surface area (TPSA) is 72.2 Å². The Kier molecular flexibility index (Phi) is 4.53. The summed E-state index contributed by atoms with van der Waals surface area (Å²) in [6, 6.07) is 5.47. The minimum absolute atomic E-state index is 0.215. The molecule has 2 aromatic rings. The van der Waals surface area contributed by atoms with Gasteiger partial charge in [0.25, 0.3) is 10.0 Å². The smallest absolute Gasteiger partial charge is 0.263 e. The number of benzene rings is 1. The maximum absolute atomic E-state index is 12.6. The molecule has 1 heterocycles. The Balaban J connectivity index is 2.46. The van der Waals surface area contributed by atoms with Crippen molar-refractivity contribution in [2.24, 2.45) is 5.73 Å². The van der Waals surface area contributed by atoms with Crippen molar-refractivity contribution in [1.82, 2.24) is 0 Å². The Hall–Kier alpha value is -0.890. The number of sulfonamides is 1. The number of thiophene rings is 1. The molecule has 20 heavy (non-hydrogen) atoms. The number of anilines is 1. The quantitative estimate of drug-likeness (QED) is 0.861. The minimum Gasteiger partial charge on any atom is -0.326 e. The lowest BCUT2D eigenvalue weighted by Gasteiger charge is -2.12. The number of halogens is 1. The minimum atomic E-state index is -3.62. The molecule has 0 bridgehead atoms. The Morgan fingerprint density at radius 2 is 2.00 bits per heavy atom. The van der Waals surface area contributed by atoms with E-state index in [1.807, 2.05) is 24.4 Å². The second kappa shape index (κ2) is 5.85. The van der Waals surface area contributed by atoms with E-state index < -0.39 is 10.0 Å². The van der Waals surface area contributed by atoms with Crippen molar-refractivity contribution < 1.29 is 8.42 Å². The summed E-state index contributed by atoms with van der Waals surface area (Å²) in [4.78, 5) is 0.965. The largest absolute Gasteiger partial charge is 0.326 e. The lowest BCUT2D eigenvalue weighted by atomic mass is 10.2. The molecule has 0 amide bonds. The van der Waals surface area contributed by atoms with Crippen LogP contribution in [0.25, 0.3) is 0 Å². The lowest BCUT2D eigenvalue weighted by molar-refractivity contribution is 0.600. The number of hydrogen-bond acceptors (Lipinski definition) is 4. The Bertz CT molecular complexity index is 739. The predicted molar refractivity (Wildman–Crippen MR) is 86.6 cm³/mol. The van der Waals surface area contributed by atoms with E-state index in [2.05, 4.69) is 20.7 Å². The summed E-state index contributed by atoms with van der Waals surface area (Å²) >= 11 is 4.71. The second-order valence-corrected chi connectivity index (χ2v) is 7.94. The molecule has 0 atom stereocenters. The van der Waals surface area contributed by atoms with Crippen molar-refractivity contribution in [2.75, 3.05) is 4.72 Å². The van der Waals surface area contributed by atoms with Crippen molar-refractivity contribution in [2.45, 2.75) is 25.3 Å². The highest BCUT2D eigenvalue weighted by atomic mass is 79.9. The first-order valence-corrected chi connectivity index (χ1v) is 9.06. The van der Waals surface area contributed by atoms with E-state index >= 15 is 0 Å². The normalized spacial score (nSPS) is 11.6. The molecule has 2 rings (SSSR count). The summed E-state index contributed by atoms with van der Waals surface area (Å²) in [6.45, 7) is 3.85. The van der Waals surface area contributed by atoms with Gasteiger partial charge < -0.3 is 5.73 Å². The molecule has 1 aromatic carbocycles. The molecule has 4 nitrogen and oxygen atoms in total. The van der Waals surface area contributed by atoms with Crippen LogP contribution in [0.3, 0.4) is 0 Å². The third kappa shape index (κ3) is 3.06. The van der Waals surface area contributed by atoms with Crippen LogP contribution in [0.5, 0.6) is 0 Å². The van der Waals surface area contributed by atoms with Gasteiger partial charge in [-0.1, -0.05) is 22.0 Å². The first kappa shape index (κ1) is 15.5. The first-order valence-electron chi connectivity index (χ1n) is 5.91. The average Bonchev–Trinajstić information content (AvgIpc) is 2.75. The summed E-state index contributed by atoms with van der Waals surface area (Å²) in [7, 11) is -3.62. The van der Waals surface area contributed by atoms with Crippen LogP contribution in [0.1, 0.15) is 16.0 Å². The van der Waals surface area contributed by atoms with Crippen LogP contribution >= 0.6 is 27.3 Å². The van der Waals surface area contributed by atoms with E-state index in [9.17, 15) is 8.42 Å². The van der Waals surface area contributed by atoms with Crippen LogP contribution in [-0.4, -0.2) is 8.42 Å². The molecule has 0 aliphatic rings. The SMILES string of the molecule is Cc1ccc(Br)cc1NS(=O)(=O)c1c(C)csc1CN. The van der Waals surface area contributed by atoms with Crippen molar-refractivity contribution >= 4 is 43.0 Å². The molecule has 1 aromatic heterocycles. The molecule has 0 unspecified atom stereocenters. The van der Waals surface area contributed by atoms with Gasteiger partial charge in [0.2, 0.25) is 0 Å². The molecule has 108 valence electrons. The molecule has 0 fully saturated rings. The maximum atomic E-state index is 12.6. The van der Waals surface area contributed by atoms with Crippen molar-refractivity contribution in [3.8, 4) is 0 Å².